The van der Waals surface area contributed by atoms with Crippen molar-refractivity contribution in [3.63, 3.8) is 0 Å². The molecular formula is C72H140O17P2. The zero-order valence-electron chi connectivity index (χ0n) is 59.0. The maximum atomic E-state index is 13.0. The monoisotopic (exact) mass is 1340 g/mol. The molecule has 540 valence electrons. The second kappa shape index (κ2) is 65.4. The summed E-state index contributed by atoms with van der Waals surface area (Å²) in [6, 6.07) is 0. The molecule has 0 aromatic heterocycles. The van der Waals surface area contributed by atoms with Crippen LogP contribution in [-0.2, 0) is 65.4 Å². The van der Waals surface area contributed by atoms with E-state index in [0.717, 1.165) is 109 Å². The van der Waals surface area contributed by atoms with Crippen molar-refractivity contribution in [3.05, 3.63) is 0 Å². The molecule has 0 bridgehead atoms. The Morgan fingerprint density at radius 2 is 0.505 bits per heavy atom. The molecular weight excluding hydrogens is 1200 g/mol. The molecule has 0 radical (unpaired) electrons. The summed E-state index contributed by atoms with van der Waals surface area (Å²) < 4.78 is 68.3. The summed E-state index contributed by atoms with van der Waals surface area (Å²) in [7, 11) is -9.90. The highest BCUT2D eigenvalue weighted by Gasteiger charge is 2.30. The van der Waals surface area contributed by atoms with Crippen molar-refractivity contribution < 1.29 is 80.2 Å². The number of aliphatic hydroxyl groups is 1. The van der Waals surface area contributed by atoms with Gasteiger partial charge >= 0.3 is 39.5 Å². The van der Waals surface area contributed by atoms with Gasteiger partial charge in [-0.1, -0.05) is 324 Å². The Bertz CT molecular complexity index is 1750. The Morgan fingerprint density at radius 3 is 0.747 bits per heavy atom. The molecule has 19 heteroatoms. The van der Waals surface area contributed by atoms with E-state index in [4.69, 9.17) is 37.0 Å². The van der Waals surface area contributed by atoms with Gasteiger partial charge in [-0.05, 0) is 31.6 Å². The van der Waals surface area contributed by atoms with E-state index in [1.54, 1.807) is 0 Å². The SMILES string of the molecule is CCCCCCCCCCCCCCCCCCCC(=O)O[C@H](COC(=O)CCCCCCCCCCCCCCC(C)C)COP(=O)(O)OC[C@@H](O)COP(=O)(O)OC[C@@H](COC(=O)CCCCCCCCC)OC(=O)CCCCCCCCCCCCCC. The van der Waals surface area contributed by atoms with Crippen molar-refractivity contribution in [3.8, 4) is 0 Å². The smallest absolute Gasteiger partial charge is 0.462 e. The van der Waals surface area contributed by atoms with Crippen LogP contribution in [0.25, 0.3) is 0 Å². The minimum Gasteiger partial charge on any atom is -0.462 e. The molecule has 0 amide bonds. The molecule has 3 N–H and O–H groups in total. The summed E-state index contributed by atoms with van der Waals surface area (Å²) in [5, 5.41) is 10.6. The summed E-state index contributed by atoms with van der Waals surface area (Å²) >= 11 is 0. The van der Waals surface area contributed by atoms with Gasteiger partial charge in [-0.2, -0.15) is 0 Å². The lowest BCUT2D eigenvalue weighted by atomic mass is 10.0. The van der Waals surface area contributed by atoms with Gasteiger partial charge in [-0.3, -0.25) is 37.3 Å². The molecule has 0 saturated carbocycles. The zero-order chi connectivity index (χ0) is 67.0. The predicted molar refractivity (Wildman–Crippen MR) is 368 cm³/mol. The minimum absolute atomic E-state index is 0.107. The molecule has 0 fully saturated rings. The normalized spacial score (nSPS) is 14.0. The van der Waals surface area contributed by atoms with Crippen LogP contribution in [0.3, 0.4) is 0 Å². The van der Waals surface area contributed by atoms with Crippen LogP contribution in [0.15, 0.2) is 0 Å². The Balaban J connectivity index is 5.20. The van der Waals surface area contributed by atoms with Gasteiger partial charge in [0.1, 0.15) is 19.3 Å². The fourth-order valence-corrected chi connectivity index (χ4v) is 12.6. The van der Waals surface area contributed by atoms with E-state index < -0.39 is 97.5 Å². The Labute approximate surface area is 556 Å². The van der Waals surface area contributed by atoms with Crippen LogP contribution in [-0.4, -0.2) is 96.7 Å². The Morgan fingerprint density at radius 1 is 0.297 bits per heavy atom. The molecule has 0 aliphatic rings. The molecule has 0 aromatic rings. The first-order valence-electron chi connectivity index (χ1n) is 37.6. The summed E-state index contributed by atoms with van der Waals surface area (Å²) in [5.41, 5.74) is 0. The average Bonchev–Trinajstić information content (AvgIpc) is 3.68. The van der Waals surface area contributed by atoms with Crippen molar-refractivity contribution in [1.29, 1.82) is 0 Å². The standard InChI is InChI=1S/C72H140O17P2/c1-6-9-12-15-18-20-22-24-25-26-27-28-34-38-43-48-53-58-72(77)89-68(62-83-70(75)56-51-46-41-36-33-30-29-31-35-40-44-49-54-65(4)5)64-87-91(80,81)85-60-66(73)59-84-90(78,79)86-63-67(61-82-69(74)55-50-45-39-17-14-11-8-3)88-71(76)57-52-47-42-37-32-23-21-19-16-13-10-7-2/h65-68,73H,6-64H2,1-5H3,(H,78,79)(H,80,81)/t66-,67+,68+/m0/s1. The number of phosphoric ester groups is 2. The van der Waals surface area contributed by atoms with Gasteiger partial charge in [0.05, 0.1) is 26.4 Å². The number of phosphoric acid groups is 2. The maximum Gasteiger partial charge on any atom is 0.472 e. The van der Waals surface area contributed by atoms with Gasteiger partial charge in [-0.15, -0.1) is 0 Å². The highest BCUT2D eigenvalue weighted by Crippen LogP contribution is 2.45. The van der Waals surface area contributed by atoms with Crippen molar-refractivity contribution in [2.75, 3.05) is 39.6 Å². The van der Waals surface area contributed by atoms with Crippen LogP contribution >= 0.6 is 15.6 Å². The highest BCUT2D eigenvalue weighted by atomic mass is 31.2. The molecule has 0 aromatic carbocycles. The van der Waals surface area contributed by atoms with E-state index in [9.17, 15) is 43.2 Å². The Hall–Kier alpha value is -1.94. The fourth-order valence-electron chi connectivity index (χ4n) is 11.0. The summed E-state index contributed by atoms with van der Waals surface area (Å²) in [6.07, 6.45) is 52.8. The number of ether oxygens (including phenoxy) is 4. The number of carbonyl (C=O) groups excluding carboxylic acids is 4. The first-order valence-corrected chi connectivity index (χ1v) is 40.6. The maximum absolute atomic E-state index is 13.0. The van der Waals surface area contributed by atoms with E-state index >= 15 is 0 Å². The molecule has 5 atom stereocenters. The van der Waals surface area contributed by atoms with Gasteiger partial charge in [-0.25, -0.2) is 9.13 Å². The molecule has 0 aliphatic heterocycles. The molecule has 0 rings (SSSR count). The number of rotatable bonds is 72. The third-order valence-corrected chi connectivity index (χ3v) is 18.7. The van der Waals surface area contributed by atoms with E-state index in [-0.39, 0.29) is 25.7 Å². The first kappa shape index (κ1) is 89.1. The number of esters is 4. The lowest BCUT2D eigenvalue weighted by Gasteiger charge is -2.21. The lowest BCUT2D eigenvalue weighted by molar-refractivity contribution is -0.161. The first-order chi connectivity index (χ1) is 44.0. The van der Waals surface area contributed by atoms with Crippen molar-refractivity contribution >= 4 is 39.5 Å². The number of unbranched alkanes of at least 4 members (excludes halogenated alkanes) is 44. The zero-order valence-corrected chi connectivity index (χ0v) is 60.8. The van der Waals surface area contributed by atoms with Crippen molar-refractivity contribution in [2.24, 2.45) is 5.92 Å². The average molecular weight is 1340 g/mol. The van der Waals surface area contributed by atoms with E-state index in [2.05, 4.69) is 34.6 Å². The molecule has 0 aliphatic carbocycles. The minimum atomic E-state index is -4.95. The number of carbonyl (C=O) groups is 4. The number of hydrogen-bond acceptors (Lipinski definition) is 15. The summed E-state index contributed by atoms with van der Waals surface area (Å²) in [5.74, 6) is -1.34. The summed E-state index contributed by atoms with van der Waals surface area (Å²) in [4.78, 5) is 72.5. The second-order valence-corrected chi connectivity index (χ2v) is 29.4. The molecule has 0 saturated heterocycles. The van der Waals surface area contributed by atoms with Crippen LogP contribution in [0.1, 0.15) is 375 Å². The topological polar surface area (TPSA) is 237 Å². The van der Waals surface area contributed by atoms with Crippen LogP contribution in [0.5, 0.6) is 0 Å². The van der Waals surface area contributed by atoms with Crippen molar-refractivity contribution in [1.82, 2.24) is 0 Å². The van der Waals surface area contributed by atoms with Gasteiger partial charge in [0, 0.05) is 25.7 Å². The van der Waals surface area contributed by atoms with Crippen LogP contribution < -0.4 is 0 Å². The molecule has 0 heterocycles. The van der Waals surface area contributed by atoms with Crippen LogP contribution in [0.2, 0.25) is 0 Å². The van der Waals surface area contributed by atoms with Gasteiger partial charge in [0.2, 0.25) is 0 Å². The van der Waals surface area contributed by atoms with E-state index in [1.807, 2.05) is 0 Å². The lowest BCUT2D eigenvalue weighted by Crippen LogP contribution is -2.30. The van der Waals surface area contributed by atoms with Gasteiger partial charge in [0.15, 0.2) is 12.2 Å². The van der Waals surface area contributed by atoms with E-state index in [0.29, 0.717) is 25.7 Å². The van der Waals surface area contributed by atoms with Crippen LogP contribution in [0.4, 0.5) is 0 Å². The fraction of sp³-hybridized carbons (Fsp3) is 0.944. The van der Waals surface area contributed by atoms with Crippen LogP contribution in [0, 0.1) is 5.92 Å². The quantitative estimate of drug-likeness (QED) is 0.0222. The molecule has 91 heavy (non-hydrogen) atoms. The molecule has 0 spiro atoms. The van der Waals surface area contributed by atoms with E-state index in [1.165, 1.54) is 186 Å². The Kier molecular flexibility index (Phi) is 64.0. The summed E-state index contributed by atoms with van der Waals surface area (Å²) in [6.45, 7) is 7.24. The third kappa shape index (κ3) is 66.5. The third-order valence-electron chi connectivity index (χ3n) is 16.8. The molecule has 2 unspecified atom stereocenters. The predicted octanol–water partition coefficient (Wildman–Crippen LogP) is 20.9. The van der Waals surface area contributed by atoms with Gasteiger partial charge < -0.3 is 33.8 Å². The number of aliphatic hydroxyl groups excluding tert-OH is 1. The second-order valence-electron chi connectivity index (χ2n) is 26.5. The largest absolute Gasteiger partial charge is 0.472 e. The highest BCUT2D eigenvalue weighted by molar-refractivity contribution is 7.47. The molecule has 17 nitrogen and oxygen atoms in total. The number of hydrogen-bond donors (Lipinski definition) is 3. The van der Waals surface area contributed by atoms with Gasteiger partial charge in [0.25, 0.3) is 0 Å². The van der Waals surface area contributed by atoms with Crippen molar-refractivity contribution in [2.45, 2.75) is 393 Å².